The van der Waals surface area contributed by atoms with Crippen molar-refractivity contribution in [3.63, 3.8) is 0 Å². The van der Waals surface area contributed by atoms with E-state index in [1.54, 1.807) is 0 Å². The van der Waals surface area contributed by atoms with Gasteiger partial charge in [0, 0.05) is 22.8 Å². The van der Waals surface area contributed by atoms with Crippen molar-refractivity contribution in [3.8, 4) is 11.4 Å². The van der Waals surface area contributed by atoms with Crippen molar-refractivity contribution in [2.24, 2.45) is 0 Å². The van der Waals surface area contributed by atoms with E-state index < -0.39 is 18.3 Å². The van der Waals surface area contributed by atoms with Crippen molar-refractivity contribution >= 4 is 28.6 Å². The summed E-state index contributed by atoms with van der Waals surface area (Å²) in [7, 11) is -0.479. The zero-order chi connectivity index (χ0) is 19.9. The van der Waals surface area contributed by atoms with Crippen LogP contribution in [0.15, 0.2) is 65.3 Å². The summed E-state index contributed by atoms with van der Waals surface area (Å²) in [5.41, 5.74) is 2.28. The fourth-order valence-corrected chi connectivity index (χ4v) is 3.67. The van der Waals surface area contributed by atoms with Gasteiger partial charge in [-0.1, -0.05) is 58.4 Å². The zero-order valence-electron chi connectivity index (χ0n) is 16.6. The van der Waals surface area contributed by atoms with Crippen molar-refractivity contribution in [1.29, 1.82) is 0 Å². The Hall–Kier alpha value is -1.89. The number of hydrogen-bond donors (Lipinski definition) is 0. The van der Waals surface area contributed by atoms with Gasteiger partial charge in [-0.2, -0.15) is 0 Å². The summed E-state index contributed by atoms with van der Waals surface area (Å²) < 4.78 is 15.6. The van der Waals surface area contributed by atoms with Crippen molar-refractivity contribution in [2.75, 3.05) is 0 Å². The summed E-state index contributed by atoms with van der Waals surface area (Å²) in [6.45, 7) is 8.97. The summed E-state index contributed by atoms with van der Waals surface area (Å²) in [6.07, 6.45) is 2.05. The van der Waals surface area contributed by atoms with Crippen molar-refractivity contribution in [3.05, 3.63) is 70.8 Å². The largest absolute Gasteiger partial charge is 0.516 e. The number of nitrogens with zero attached hydrogens (tertiary/aromatic N) is 2. The Balaban J connectivity index is 1.74. The highest BCUT2D eigenvalue weighted by atomic mass is 79.9. The molecule has 3 aromatic rings. The Kier molecular flexibility index (Phi) is 4.98. The molecule has 0 amide bonds. The van der Waals surface area contributed by atoms with Crippen LogP contribution in [0.4, 0.5) is 0 Å². The van der Waals surface area contributed by atoms with Gasteiger partial charge in [0.1, 0.15) is 5.82 Å². The number of aromatic nitrogens is 2. The van der Waals surface area contributed by atoms with Crippen LogP contribution in [0.3, 0.4) is 0 Å². The van der Waals surface area contributed by atoms with Gasteiger partial charge < -0.3 is 13.9 Å². The van der Waals surface area contributed by atoms with Gasteiger partial charge in [0.15, 0.2) is 0 Å². The van der Waals surface area contributed by atoms with Crippen LogP contribution in [0, 0.1) is 0 Å². The average Bonchev–Trinajstić information content (AvgIpc) is 3.14. The fraction of sp³-hybridized carbons (Fsp3) is 0.318. The molecule has 0 spiro atoms. The minimum Gasteiger partial charge on any atom is -0.398 e. The van der Waals surface area contributed by atoms with E-state index >= 15 is 0 Å². The lowest BCUT2D eigenvalue weighted by atomic mass is 9.86. The van der Waals surface area contributed by atoms with E-state index in [1.165, 1.54) is 5.56 Å². The molecule has 2 aromatic carbocycles. The molecule has 0 saturated carbocycles. The number of rotatable bonds is 4. The van der Waals surface area contributed by atoms with Gasteiger partial charge in [-0.05, 0) is 45.4 Å². The molecule has 0 atom stereocenters. The molecule has 0 bridgehead atoms. The van der Waals surface area contributed by atoms with Gasteiger partial charge in [-0.25, -0.2) is 4.98 Å². The molecular weight excluding hydrogens is 415 g/mol. The molecule has 0 unspecified atom stereocenters. The lowest BCUT2D eigenvalue weighted by Gasteiger charge is -2.32. The highest BCUT2D eigenvalue weighted by Crippen LogP contribution is 2.36. The first-order valence-electron chi connectivity index (χ1n) is 9.48. The molecule has 0 radical (unpaired) electrons. The van der Waals surface area contributed by atoms with E-state index in [9.17, 15) is 0 Å². The van der Waals surface area contributed by atoms with E-state index in [2.05, 4.69) is 84.6 Å². The molecule has 1 saturated heterocycles. The van der Waals surface area contributed by atoms with Crippen LogP contribution in [-0.4, -0.2) is 27.9 Å². The van der Waals surface area contributed by atoms with Crippen LogP contribution in [0.25, 0.3) is 11.4 Å². The molecule has 1 aromatic heterocycles. The van der Waals surface area contributed by atoms with Gasteiger partial charge in [0.25, 0.3) is 0 Å². The topological polar surface area (TPSA) is 36.3 Å². The Bertz CT molecular complexity index is 969. The van der Waals surface area contributed by atoms with E-state index in [4.69, 9.17) is 14.3 Å². The third-order valence-corrected chi connectivity index (χ3v) is 6.06. The Labute approximate surface area is 175 Å². The highest BCUT2D eigenvalue weighted by molar-refractivity contribution is 9.10. The highest BCUT2D eigenvalue weighted by Gasteiger charge is 2.52. The third-order valence-electron chi connectivity index (χ3n) is 5.57. The van der Waals surface area contributed by atoms with Crippen LogP contribution < -0.4 is 5.59 Å². The Morgan fingerprint density at radius 3 is 2.29 bits per heavy atom. The van der Waals surface area contributed by atoms with E-state index in [0.29, 0.717) is 0 Å². The summed E-state index contributed by atoms with van der Waals surface area (Å²) in [6, 6.07) is 18.6. The molecule has 1 aliphatic rings. The zero-order valence-corrected chi connectivity index (χ0v) is 18.2. The normalized spacial score (nSPS) is 17.8. The first-order valence-corrected chi connectivity index (χ1v) is 10.3. The van der Waals surface area contributed by atoms with Crippen LogP contribution >= 0.6 is 15.9 Å². The quantitative estimate of drug-likeness (QED) is 0.555. The maximum Gasteiger partial charge on any atom is 0.516 e. The van der Waals surface area contributed by atoms with Crippen molar-refractivity contribution in [1.82, 2.24) is 9.55 Å². The molecular formula is C22H24BBrN2O2. The molecule has 2 heterocycles. The van der Waals surface area contributed by atoms with E-state index in [1.807, 2.05) is 24.4 Å². The number of imidazole rings is 1. The third kappa shape index (κ3) is 3.69. The molecule has 1 fully saturated rings. The number of benzene rings is 2. The molecule has 0 aliphatic carbocycles. The molecule has 4 nitrogen and oxygen atoms in total. The molecule has 4 rings (SSSR count). The second-order valence-corrected chi connectivity index (χ2v) is 9.12. The smallest absolute Gasteiger partial charge is 0.398 e. The van der Waals surface area contributed by atoms with E-state index in [0.717, 1.165) is 28.0 Å². The van der Waals surface area contributed by atoms with E-state index in [-0.39, 0.29) is 0 Å². The van der Waals surface area contributed by atoms with Crippen LogP contribution in [0.5, 0.6) is 0 Å². The van der Waals surface area contributed by atoms with Gasteiger partial charge >= 0.3 is 7.12 Å². The minimum atomic E-state index is -0.479. The van der Waals surface area contributed by atoms with Gasteiger partial charge in [-0.15, -0.1) is 0 Å². The SMILES string of the molecule is CC1(C)OB(c2cn(Cc3ccccc3)c(-c3cccc(Br)c3)n2)OC1(C)C. The van der Waals surface area contributed by atoms with Crippen LogP contribution in [-0.2, 0) is 15.9 Å². The molecule has 1 aliphatic heterocycles. The van der Waals surface area contributed by atoms with Crippen molar-refractivity contribution < 1.29 is 9.31 Å². The Morgan fingerprint density at radius 2 is 1.64 bits per heavy atom. The maximum atomic E-state index is 6.22. The first-order chi connectivity index (χ1) is 13.2. The minimum absolute atomic E-state index is 0.392. The maximum absolute atomic E-state index is 6.22. The summed E-state index contributed by atoms with van der Waals surface area (Å²) in [5, 5.41) is 0. The molecule has 6 heteroatoms. The number of hydrogen-bond acceptors (Lipinski definition) is 3. The standard InChI is InChI=1S/C22H24BBrN2O2/c1-21(2)22(3,4)28-23(27-21)19-15-26(14-16-9-6-5-7-10-16)20(25-19)17-11-8-12-18(24)13-17/h5-13,15H,14H2,1-4H3. The lowest BCUT2D eigenvalue weighted by molar-refractivity contribution is 0.00578. The second kappa shape index (κ2) is 7.18. The summed E-state index contributed by atoms with van der Waals surface area (Å²) in [5.74, 6) is 0.898. The van der Waals surface area contributed by atoms with Gasteiger partial charge in [0.05, 0.1) is 16.8 Å². The van der Waals surface area contributed by atoms with Gasteiger partial charge in [0.2, 0.25) is 0 Å². The van der Waals surface area contributed by atoms with Crippen molar-refractivity contribution in [2.45, 2.75) is 45.4 Å². The predicted molar refractivity (Wildman–Crippen MR) is 117 cm³/mol. The van der Waals surface area contributed by atoms with Crippen LogP contribution in [0.2, 0.25) is 0 Å². The lowest BCUT2D eigenvalue weighted by Crippen LogP contribution is -2.41. The average molecular weight is 439 g/mol. The summed E-state index contributed by atoms with van der Waals surface area (Å²) in [4.78, 5) is 4.92. The van der Waals surface area contributed by atoms with Crippen LogP contribution in [0.1, 0.15) is 33.3 Å². The summed E-state index contributed by atoms with van der Waals surface area (Å²) >= 11 is 3.57. The molecule has 144 valence electrons. The first kappa shape index (κ1) is 19.4. The molecule has 0 N–H and O–H groups in total. The fourth-order valence-electron chi connectivity index (χ4n) is 3.27. The monoisotopic (exact) mass is 438 g/mol. The second-order valence-electron chi connectivity index (χ2n) is 8.20. The van der Waals surface area contributed by atoms with Gasteiger partial charge in [-0.3, -0.25) is 0 Å². The molecule has 28 heavy (non-hydrogen) atoms. The number of halogens is 1. The predicted octanol–water partition coefficient (Wildman–Crippen LogP) is 4.66. The Morgan fingerprint density at radius 1 is 0.964 bits per heavy atom.